The van der Waals surface area contributed by atoms with Crippen molar-refractivity contribution in [2.24, 2.45) is 0 Å². The first-order valence-electron chi connectivity index (χ1n) is 10.2. The summed E-state index contributed by atoms with van der Waals surface area (Å²) >= 11 is 0. The molecule has 1 N–H and O–H groups in total. The zero-order valence-electron chi connectivity index (χ0n) is 16.9. The van der Waals surface area contributed by atoms with Crippen LogP contribution in [-0.4, -0.2) is 63.0 Å². The average molecular weight is 361 g/mol. The summed E-state index contributed by atoms with van der Waals surface area (Å²) in [6, 6.07) is 9.19. The van der Waals surface area contributed by atoms with E-state index >= 15 is 0 Å². The SMILES string of the molecule is Cc1ccc([C@]2(CCNCCN3CCOCC3)CCOC(C)(C)C2)cc1. The summed E-state index contributed by atoms with van der Waals surface area (Å²) in [7, 11) is 0. The van der Waals surface area contributed by atoms with Gasteiger partial charge in [-0.1, -0.05) is 29.8 Å². The molecule has 0 bridgehead atoms. The lowest BCUT2D eigenvalue weighted by Gasteiger charge is -2.45. The summed E-state index contributed by atoms with van der Waals surface area (Å²) in [6.07, 6.45) is 3.38. The molecule has 0 aliphatic carbocycles. The van der Waals surface area contributed by atoms with Crippen LogP contribution in [0.4, 0.5) is 0 Å². The van der Waals surface area contributed by atoms with E-state index in [0.29, 0.717) is 0 Å². The molecule has 3 rings (SSSR count). The lowest BCUT2D eigenvalue weighted by molar-refractivity contribution is -0.0840. The molecule has 0 amide bonds. The van der Waals surface area contributed by atoms with Gasteiger partial charge in [-0.3, -0.25) is 4.90 Å². The zero-order chi connectivity index (χ0) is 18.5. The fourth-order valence-electron chi connectivity index (χ4n) is 4.50. The number of hydrogen-bond acceptors (Lipinski definition) is 4. The van der Waals surface area contributed by atoms with Crippen molar-refractivity contribution in [3.63, 3.8) is 0 Å². The second-order valence-corrected chi connectivity index (χ2v) is 8.64. The Balaban J connectivity index is 1.56. The van der Waals surface area contributed by atoms with Crippen molar-refractivity contribution in [1.29, 1.82) is 0 Å². The van der Waals surface area contributed by atoms with Crippen LogP contribution >= 0.6 is 0 Å². The van der Waals surface area contributed by atoms with E-state index in [-0.39, 0.29) is 11.0 Å². The Morgan fingerprint density at radius 2 is 1.77 bits per heavy atom. The molecule has 0 aromatic heterocycles. The van der Waals surface area contributed by atoms with Gasteiger partial charge in [-0.15, -0.1) is 0 Å². The summed E-state index contributed by atoms with van der Waals surface area (Å²) in [4.78, 5) is 2.49. The molecule has 1 aromatic carbocycles. The maximum atomic E-state index is 6.03. The maximum Gasteiger partial charge on any atom is 0.0635 e. The second kappa shape index (κ2) is 8.83. The van der Waals surface area contributed by atoms with Crippen LogP contribution in [0.5, 0.6) is 0 Å². The van der Waals surface area contributed by atoms with Gasteiger partial charge in [0.25, 0.3) is 0 Å². The van der Waals surface area contributed by atoms with Crippen LogP contribution < -0.4 is 5.32 Å². The fourth-order valence-corrected chi connectivity index (χ4v) is 4.50. The van der Waals surface area contributed by atoms with E-state index in [1.807, 2.05) is 0 Å². The van der Waals surface area contributed by atoms with E-state index in [1.54, 1.807) is 0 Å². The highest BCUT2D eigenvalue weighted by Crippen LogP contribution is 2.43. The van der Waals surface area contributed by atoms with Crippen molar-refractivity contribution >= 4 is 0 Å². The van der Waals surface area contributed by atoms with E-state index in [9.17, 15) is 0 Å². The Kier molecular flexibility index (Phi) is 6.73. The summed E-state index contributed by atoms with van der Waals surface area (Å²) in [5.74, 6) is 0. The first kappa shape index (κ1) is 19.8. The molecule has 26 heavy (non-hydrogen) atoms. The molecule has 2 fully saturated rings. The highest BCUT2D eigenvalue weighted by molar-refractivity contribution is 5.30. The van der Waals surface area contributed by atoms with Gasteiger partial charge in [0, 0.05) is 38.2 Å². The molecule has 0 unspecified atom stereocenters. The van der Waals surface area contributed by atoms with Gasteiger partial charge < -0.3 is 14.8 Å². The Bertz CT molecular complexity index is 552. The Morgan fingerprint density at radius 1 is 1.04 bits per heavy atom. The molecule has 0 radical (unpaired) electrons. The monoisotopic (exact) mass is 360 g/mol. The number of benzene rings is 1. The molecule has 2 heterocycles. The number of rotatable bonds is 7. The summed E-state index contributed by atoms with van der Waals surface area (Å²) in [5.41, 5.74) is 2.99. The second-order valence-electron chi connectivity index (χ2n) is 8.64. The molecule has 1 atom stereocenters. The van der Waals surface area contributed by atoms with Gasteiger partial charge in [0.1, 0.15) is 0 Å². The van der Waals surface area contributed by atoms with Crippen LogP contribution in [0.15, 0.2) is 24.3 Å². The number of hydrogen-bond donors (Lipinski definition) is 1. The molecule has 146 valence electrons. The van der Waals surface area contributed by atoms with Crippen molar-refractivity contribution in [3.8, 4) is 0 Å². The van der Waals surface area contributed by atoms with E-state index in [1.165, 1.54) is 17.5 Å². The molecule has 0 spiro atoms. The van der Waals surface area contributed by atoms with E-state index in [2.05, 4.69) is 55.3 Å². The number of ether oxygens (including phenoxy) is 2. The first-order chi connectivity index (χ1) is 12.5. The number of nitrogens with one attached hydrogen (secondary N) is 1. The minimum Gasteiger partial charge on any atom is -0.379 e. The number of aryl methyl sites for hydroxylation is 1. The normalized spacial score (nSPS) is 26.7. The third-order valence-electron chi connectivity index (χ3n) is 5.99. The van der Waals surface area contributed by atoms with Gasteiger partial charge in [0.2, 0.25) is 0 Å². The molecule has 4 heteroatoms. The van der Waals surface area contributed by atoms with Gasteiger partial charge >= 0.3 is 0 Å². The largest absolute Gasteiger partial charge is 0.379 e. The minimum atomic E-state index is -0.0447. The predicted octanol–water partition coefficient (Wildman–Crippen LogP) is 3.13. The lowest BCUT2D eigenvalue weighted by Crippen LogP contribution is -2.46. The van der Waals surface area contributed by atoms with Crippen LogP contribution in [0, 0.1) is 6.92 Å². The fraction of sp³-hybridized carbons (Fsp3) is 0.727. The quantitative estimate of drug-likeness (QED) is 0.758. The highest BCUT2D eigenvalue weighted by atomic mass is 16.5. The van der Waals surface area contributed by atoms with Gasteiger partial charge in [-0.2, -0.15) is 0 Å². The molecule has 4 nitrogen and oxygen atoms in total. The maximum absolute atomic E-state index is 6.03. The smallest absolute Gasteiger partial charge is 0.0635 e. The van der Waals surface area contributed by atoms with Crippen molar-refractivity contribution in [3.05, 3.63) is 35.4 Å². The van der Waals surface area contributed by atoms with E-state index in [0.717, 1.165) is 65.4 Å². The topological polar surface area (TPSA) is 33.7 Å². The minimum absolute atomic E-state index is 0.0447. The summed E-state index contributed by atoms with van der Waals surface area (Å²) in [5, 5.41) is 3.69. The summed E-state index contributed by atoms with van der Waals surface area (Å²) < 4.78 is 11.5. The Labute approximate surface area is 159 Å². The van der Waals surface area contributed by atoms with Crippen LogP contribution in [-0.2, 0) is 14.9 Å². The van der Waals surface area contributed by atoms with E-state index in [4.69, 9.17) is 9.47 Å². The van der Waals surface area contributed by atoms with Crippen molar-refractivity contribution in [2.75, 3.05) is 52.5 Å². The van der Waals surface area contributed by atoms with E-state index < -0.39 is 0 Å². The lowest BCUT2D eigenvalue weighted by atomic mass is 9.67. The molecular formula is C22H36N2O2. The van der Waals surface area contributed by atoms with Crippen LogP contribution in [0.1, 0.15) is 44.2 Å². The van der Waals surface area contributed by atoms with Crippen LogP contribution in [0.25, 0.3) is 0 Å². The van der Waals surface area contributed by atoms with Crippen molar-refractivity contribution < 1.29 is 9.47 Å². The number of nitrogens with zero attached hydrogens (tertiary/aromatic N) is 1. The van der Waals surface area contributed by atoms with Gasteiger partial charge in [-0.25, -0.2) is 0 Å². The van der Waals surface area contributed by atoms with Crippen molar-refractivity contribution in [2.45, 2.75) is 51.0 Å². The Morgan fingerprint density at radius 3 is 2.46 bits per heavy atom. The molecule has 2 aliphatic rings. The first-order valence-corrected chi connectivity index (χ1v) is 10.2. The summed E-state index contributed by atoms with van der Waals surface area (Å²) in [6.45, 7) is 14.6. The third kappa shape index (κ3) is 5.29. The number of morpholine rings is 1. The predicted molar refractivity (Wildman–Crippen MR) is 107 cm³/mol. The molecule has 1 aromatic rings. The van der Waals surface area contributed by atoms with Gasteiger partial charge in [0.15, 0.2) is 0 Å². The Hall–Kier alpha value is -0.940. The molecule has 2 aliphatic heterocycles. The van der Waals surface area contributed by atoms with Crippen LogP contribution in [0.2, 0.25) is 0 Å². The van der Waals surface area contributed by atoms with Crippen LogP contribution in [0.3, 0.4) is 0 Å². The third-order valence-corrected chi connectivity index (χ3v) is 5.99. The standard InChI is InChI=1S/C22H36N2O2/c1-19-4-6-20(7-5-19)22(9-15-26-21(2,3)18-22)8-10-23-11-12-24-13-16-25-17-14-24/h4-7,23H,8-18H2,1-3H3/t22-/m1/s1. The highest BCUT2D eigenvalue weighted by Gasteiger charge is 2.41. The van der Waals surface area contributed by atoms with Gasteiger partial charge in [0.05, 0.1) is 18.8 Å². The molecular weight excluding hydrogens is 324 g/mol. The van der Waals surface area contributed by atoms with Crippen molar-refractivity contribution in [1.82, 2.24) is 10.2 Å². The zero-order valence-corrected chi connectivity index (χ0v) is 16.9. The average Bonchev–Trinajstić information content (AvgIpc) is 2.62. The molecule has 2 saturated heterocycles. The molecule has 0 saturated carbocycles. The van der Waals surface area contributed by atoms with Gasteiger partial charge in [-0.05, 0) is 52.1 Å².